The average Bonchev–Trinajstić information content (AvgIpc) is 3.20. The summed E-state index contributed by atoms with van der Waals surface area (Å²) in [5.74, 6) is 1.02. The number of nitrogens with one attached hydrogen (secondary N) is 2. The number of nitrogens with two attached hydrogens (primary N) is 1. The molecule has 1 fully saturated rings. The van der Waals surface area contributed by atoms with Gasteiger partial charge in [0.1, 0.15) is 24.3 Å². The van der Waals surface area contributed by atoms with Crippen molar-refractivity contribution in [2.75, 3.05) is 24.6 Å². The van der Waals surface area contributed by atoms with E-state index < -0.39 is 6.61 Å². The number of likely N-dealkylation sites (tertiary alicyclic amines) is 1. The van der Waals surface area contributed by atoms with Crippen molar-refractivity contribution in [1.82, 2.24) is 4.90 Å². The first-order chi connectivity index (χ1) is 16.4. The van der Waals surface area contributed by atoms with E-state index in [9.17, 15) is 9.90 Å². The van der Waals surface area contributed by atoms with Crippen molar-refractivity contribution in [3.05, 3.63) is 65.2 Å². The van der Waals surface area contributed by atoms with Gasteiger partial charge in [-0.1, -0.05) is 30.4 Å². The maximum absolute atomic E-state index is 12.6. The normalized spacial score (nSPS) is 18.2. The minimum atomic E-state index is -0.563. The molecule has 34 heavy (non-hydrogen) atoms. The van der Waals surface area contributed by atoms with Gasteiger partial charge in [-0.15, -0.1) is 0 Å². The number of aliphatic hydroxyl groups excluding tert-OH is 1. The number of amides is 1. The zero-order chi connectivity index (χ0) is 24.2. The van der Waals surface area contributed by atoms with E-state index in [2.05, 4.69) is 4.90 Å². The highest BCUT2D eigenvalue weighted by Crippen LogP contribution is 2.36. The Hall–Kier alpha value is -3.65. The summed E-state index contributed by atoms with van der Waals surface area (Å²) in [6.45, 7) is 2.89. The molecule has 4 rings (SSSR count). The van der Waals surface area contributed by atoms with Gasteiger partial charge in [0.05, 0.1) is 11.9 Å². The lowest BCUT2D eigenvalue weighted by molar-refractivity contribution is -0.121. The number of carbonyl (C=O) groups excluding carboxylic acids is 1. The van der Waals surface area contributed by atoms with Gasteiger partial charge in [0.25, 0.3) is 5.91 Å². The van der Waals surface area contributed by atoms with Crippen molar-refractivity contribution in [3.63, 3.8) is 0 Å². The van der Waals surface area contributed by atoms with Gasteiger partial charge >= 0.3 is 0 Å². The molecule has 0 aliphatic carbocycles. The molecule has 0 aromatic heterocycles. The molecular weight excluding hydrogens is 430 g/mol. The number of carbonyl (C=O) groups is 1. The van der Waals surface area contributed by atoms with Gasteiger partial charge < -0.3 is 25.4 Å². The minimum absolute atomic E-state index is 0.00627. The number of ether oxygens (including phenoxy) is 1. The molecule has 8 nitrogen and oxygen atoms in total. The van der Waals surface area contributed by atoms with Gasteiger partial charge in [-0.3, -0.25) is 15.6 Å². The van der Waals surface area contributed by atoms with Crippen LogP contribution in [0.4, 0.5) is 5.69 Å². The van der Waals surface area contributed by atoms with Gasteiger partial charge in [-0.25, -0.2) is 0 Å². The van der Waals surface area contributed by atoms with Gasteiger partial charge in [-0.2, -0.15) is 0 Å². The number of nitrogen functional groups attached to an aromatic ring is 1. The summed E-state index contributed by atoms with van der Waals surface area (Å²) >= 11 is 0. The Bertz CT molecular complexity index is 1120. The van der Waals surface area contributed by atoms with E-state index in [4.69, 9.17) is 21.3 Å². The zero-order valence-electron chi connectivity index (χ0n) is 19.3. The molecular formula is C26H31N5O3. The van der Waals surface area contributed by atoms with E-state index in [1.807, 2.05) is 55.5 Å². The predicted molar refractivity (Wildman–Crippen MR) is 134 cm³/mol. The van der Waals surface area contributed by atoms with Crippen LogP contribution in [-0.4, -0.2) is 59.4 Å². The van der Waals surface area contributed by atoms with Crippen LogP contribution in [0.5, 0.6) is 5.75 Å². The number of nitrogens with zero attached hydrogens (tertiary/aromatic N) is 2. The topological polar surface area (TPSA) is 127 Å². The van der Waals surface area contributed by atoms with E-state index in [1.54, 1.807) is 11.0 Å². The van der Waals surface area contributed by atoms with Crippen molar-refractivity contribution in [2.45, 2.75) is 38.3 Å². The Morgan fingerprint density at radius 3 is 2.65 bits per heavy atom. The Labute approximate surface area is 199 Å². The zero-order valence-corrected chi connectivity index (χ0v) is 19.3. The molecule has 0 spiro atoms. The van der Waals surface area contributed by atoms with Gasteiger partial charge in [-0.05, 0) is 48.7 Å². The molecule has 2 aromatic carbocycles. The first-order valence-corrected chi connectivity index (χ1v) is 11.5. The summed E-state index contributed by atoms with van der Waals surface area (Å²) in [7, 11) is 0. The van der Waals surface area contributed by atoms with E-state index >= 15 is 0 Å². The second-order valence-corrected chi connectivity index (χ2v) is 8.77. The number of anilines is 1. The SMILES string of the molecule is CC(=N)N1CCC(Oc2ccc3c(c2)CC(/C=C/c2cccc(C(=N)N)c2)N3C(=O)CO)CC1. The monoisotopic (exact) mass is 461 g/mol. The summed E-state index contributed by atoms with van der Waals surface area (Å²) in [5, 5.41) is 25.0. The van der Waals surface area contributed by atoms with Crippen LogP contribution in [0.3, 0.4) is 0 Å². The molecule has 1 amide bonds. The molecule has 8 heteroatoms. The largest absolute Gasteiger partial charge is 0.490 e. The number of amidine groups is 2. The van der Waals surface area contributed by atoms with Crippen LogP contribution in [0, 0.1) is 10.8 Å². The number of fused-ring (bicyclic) bond motifs is 1. The van der Waals surface area contributed by atoms with Crippen molar-refractivity contribution < 1.29 is 14.6 Å². The lowest BCUT2D eigenvalue weighted by Crippen LogP contribution is -2.40. The molecule has 2 aliphatic rings. The van der Waals surface area contributed by atoms with Gasteiger partial charge in [0.15, 0.2) is 0 Å². The summed E-state index contributed by atoms with van der Waals surface area (Å²) in [6, 6.07) is 12.9. The highest BCUT2D eigenvalue weighted by molar-refractivity contribution is 5.98. The maximum atomic E-state index is 12.6. The second kappa shape index (κ2) is 10.1. The quantitative estimate of drug-likeness (QED) is 0.389. The Morgan fingerprint density at radius 1 is 1.21 bits per heavy atom. The molecule has 1 atom stereocenters. The number of rotatable bonds is 6. The predicted octanol–water partition coefficient (Wildman–Crippen LogP) is 2.77. The van der Waals surface area contributed by atoms with Crippen molar-refractivity contribution in [3.8, 4) is 5.75 Å². The van der Waals surface area contributed by atoms with Crippen molar-refractivity contribution >= 4 is 29.3 Å². The highest BCUT2D eigenvalue weighted by Gasteiger charge is 2.32. The van der Waals surface area contributed by atoms with Crippen LogP contribution >= 0.6 is 0 Å². The smallest absolute Gasteiger partial charge is 0.253 e. The van der Waals surface area contributed by atoms with Gasteiger partial charge in [0, 0.05) is 37.2 Å². The van der Waals surface area contributed by atoms with Crippen LogP contribution in [0.25, 0.3) is 6.08 Å². The molecule has 0 bridgehead atoms. The fraction of sp³-hybridized carbons (Fsp3) is 0.346. The molecule has 5 N–H and O–H groups in total. The Kier molecular flexibility index (Phi) is 6.98. The van der Waals surface area contributed by atoms with E-state index in [0.29, 0.717) is 17.8 Å². The summed E-state index contributed by atoms with van der Waals surface area (Å²) in [5.41, 5.74) is 8.91. The molecule has 178 valence electrons. The van der Waals surface area contributed by atoms with E-state index in [0.717, 1.165) is 48.5 Å². The molecule has 1 saturated heterocycles. The highest BCUT2D eigenvalue weighted by atomic mass is 16.5. The van der Waals surface area contributed by atoms with Gasteiger partial charge in [0.2, 0.25) is 0 Å². The fourth-order valence-corrected chi connectivity index (χ4v) is 4.61. The van der Waals surface area contributed by atoms with Crippen molar-refractivity contribution in [2.24, 2.45) is 5.73 Å². The van der Waals surface area contributed by atoms with E-state index in [-0.39, 0.29) is 23.9 Å². The molecule has 2 heterocycles. The fourth-order valence-electron chi connectivity index (χ4n) is 4.61. The summed E-state index contributed by atoms with van der Waals surface area (Å²) < 4.78 is 6.23. The lowest BCUT2D eigenvalue weighted by Gasteiger charge is -2.32. The summed E-state index contributed by atoms with van der Waals surface area (Å²) in [6.07, 6.45) is 6.32. The van der Waals surface area contributed by atoms with Crippen molar-refractivity contribution in [1.29, 1.82) is 10.8 Å². The third-order valence-electron chi connectivity index (χ3n) is 6.40. The molecule has 2 aliphatic heterocycles. The van der Waals surface area contributed by atoms with Crippen LogP contribution in [0.2, 0.25) is 0 Å². The third-order valence-corrected chi connectivity index (χ3v) is 6.40. The summed E-state index contributed by atoms with van der Waals surface area (Å²) in [4.78, 5) is 16.3. The van der Waals surface area contributed by atoms with Crippen LogP contribution < -0.4 is 15.4 Å². The second-order valence-electron chi connectivity index (χ2n) is 8.77. The number of aliphatic hydroxyl groups is 1. The molecule has 0 radical (unpaired) electrons. The number of benzene rings is 2. The van der Waals surface area contributed by atoms with E-state index in [1.165, 1.54) is 0 Å². The number of hydrogen-bond acceptors (Lipinski definition) is 5. The maximum Gasteiger partial charge on any atom is 0.253 e. The van der Waals surface area contributed by atoms with Crippen LogP contribution in [-0.2, 0) is 11.2 Å². The minimum Gasteiger partial charge on any atom is -0.490 e. The molecule has 1 unspecified atom stereocenters. The number of hydrogen-bond donors (Lipinski definition) is 4. The first-order valence-electron chi connectivity index (χ1n) is 11.5. The molecule has 2 aromatic rings. The number of piperidine rings is 1. The molecule has 0 saturated carbocycles. The average molecular weight is 462 g/mol. The third kappa shape index (κ3) is 5.12. The standard InChI is InChI=1S/C26H31N5O3/c1-17(27)30-11-9-22(10-12-30)34-23-7-8-24-20(15-23)14-21(31(24)25(33)16-32)6-5-18-3-2-4-19(13-18)26(28)29/h2-8,13,15,21-22,27,32H,9-12,14,16H2,1H3,(H3,28,29)/b6-5+,27-17?. The van der Waals surface area contributed by atoms with Crippen LogP contribution in [0.1, 0.15) is 36.5 Å². The Balaban J connectivity index is 1.50. The lowest BCUT2D eigenvalue weighted by atomic mass is 10.1. The Morgan fingerprint density at radius 2 is 1.97 bits per heavy atom. The first kappa shape index (κ1) is 23.5. The van der Waals surface area contributed by atoms with Crippen LogP contribution in [0.15, 0.2) is 48.5 Å².